The van der Waals surface area contributed by atoms with Gasteiger partial charge in [0.05, 0.1) is 0 Å². The number of aromatic nitrogens is 1. The molecular formula is C14H21Cl2N3. The summed E-state index contributed by atoms with van der Waals surface area (Å²) in [6.07, 6.45) is 2.00. The molecule has 0 amide bonds. The fraction of sp³-hybridized carbons (Fsp3) is 0.429. The first kappa shape index (κ1) is 16.3. The monoisotopic (exact) mass is 301 g/mol. The van der Waals surface area contributed by atoms with Crippen LogP contribution in [0.4, 0.5) is 0 Å². The van der Waals surface area contributed by atoms with Crippen molar-refractivity contribution in [1.29, 1.82) is 0 Å². The van der Waals surface area contributed by atoms with Gasteiger partial charge in [-0.2, -0.15) is 0 Å². The molecule has 0 aliphatic carbocycles. The second kappa shape index (κ2) is 7.15. The van der Waals surface area contributed by atoms with Crippen LogP contribution in [-0.2, 0) is 0 Å². The summed E-state index contributed by atoms with van der Waals surface area (Å²) in [6.45, 7) is 6.81. The predicted molar refractivity (Wildman–Crippen MR) is 85.7 cm³/mol. The molecule has 0 spiro atoms. The molecule has 1 atom stereocenters. The van der Waals surface area contributed by atoms with Crippen molar-refractivity contribution in [2.45, 2.75) is 13.0 Å². The summed E-state index contributed by atoms with van der Waals surface area (Å²) in [5, 5.41) is 4.71. The van der Waals surface area contributed by atoms with Crippen molar-refractivity contribution >= 4 is 35.7 Å². The summed E-state index contributed by atoms with van der Waals surface area (Å²) in [6, 6.07) is 9.38. The first-order valence-corrected chi connectivity index (χ1v) is 6.36. The van der Waals surface area contributed by atoms with E-state index in [0.29, 0.717) is 6.04 Å². The van der Waals surface area contributed by atoms with Crippen LogP contribution in [0.3, 0.4) is 0 Å². The summed E-state index contributed by atoms with van der Waals surface area (Å²) in [5.41, 5.74) is 2.64. The molecule has 5 heteroatoms. The lowest BCUT2D eigenvalue weighted by molar-refractivity contribution is 0.185. The third kappa shape index (κ3) is 3.42. The Morgan fingerprint density at radius 2 is 1.84 bits per heavy atom. The van der Waals surface area contributed by atoms with Crippen molar-refractivity contribution in [2.75, 3.05) is 26.2 Å². The van der Waals surface area contributed by atoms with Gasteiger partial charge in [0.1, 0.15) is 0 Å². The summed E-state index contributed by atoms with van der Waals surface area (Å²) in [5.74, 6) is 0. The number of rotatable bonds is 2. The Morgan fingerprint density at radius 1 is 1.11 bits per heavy atom. The Kier molecular flexibility index (Phi) is 6.14. The van der Waals surface area contributed by atoms with Gasteiger partial charge in [-0.05, 0) is 36.1 Å². The molecule has 0 unspecified atom stereocenters. The molecule has 1 aromatic carbocycles. The molecule has 0 radical (unpaired) electrons. The minimum atomic E-state index is 0. The molecule has 2 aromatic rings. The van der Waals surface area contributed by atoms with Gasteiger partial charge < -0.3 is 10.3 Å². The number of nitrogens with one attached hydrogen (secondary N) is 2. The highest BCUT2D eigenvalue weighted by atomic mass is 35.5. The van der Waals surface area contributed by atoms with Crippen molar-refractivity contribution < 1.29 is 0 Å². The van der Waals surface area contributed by atoms with E-state index in [0.717, 1.165) is 26.2 Å². The lowest BCUT2D eigenvalue weighted by Gasteiger charge is -2.33. The maximum atomic E-state index is 3.40. The number of H-pyrrole nitrogens is 1. The average Bonchev–Trinajstić information content (AvgIpc) is 2.86. The highest BCUT2D eigenvalue weighted by molar-refractivity contribution is 5.85. The molecular weight excluding hydrogens is 281 g/mol. The second-order valence-electron chi connectivity index (χ2n) is 4.79. The van der Waals surface area contributed by atoms with Gasteiger partial charge >= 0.3 is 0 Å². The van der Waals surface area contributed by atoms with Gasteiger partial charge in [-0.3, -0.25) is 4.90 Å². The van der Waals surface area contributed by atoms with Gasteiger partial charge in [0, 0.05) is 43.9 Å². The minimum Gasteiger partial charge on any atom is -0.361 e. The fourth-order valence-corrected chi connectivity index (χ4v) is 2.61. The van der Waals surface area contributed by atoms with Crippen molar-refractivity contribution in [3.8, 4) is 0 Å². The SMILES string of the molecule is C[C@H](c1ccc2[nH]ccc2c1)N1CCNCC1.Cl.Cl. The van der Waals surface area contributed by atoms with Gasteiger partial charge in [0.25, 0.3) is 0 Å². The third-order valence-electron chi connectivity index (χ3n) is 3.76. The first-order chi connectivity index (χ1) is 8.34. The van der Waals surface area contributed by atoms with Crippen LogP contribution in [0.25, 0.3) is 10.9 Å². The highest BCUT2D eigenvalue weighted by Gasteiger charge is 2.17. The number of fused-ring (bicyclic) bond motifs is 1. The smallest absolute Gasteiger partial charge is 0.0454 e. The number of halogens is 2. The van der Waals surface area contributed by atoms with Crippen LogP contribution in [-0.4, -0.2) is 36.1 Å². The molecule has 1 aliphatic heterocycles. The summed E-state index contributed by atoms with van der Waals surface area (Å²) >= 11 is 0. The Labute approximate surface area is 126 Å². The molecule has 0 bridgehead atoms. The molecule has 1 aliphatic rings. The zero-order chi connectivity index (χ0) is 11.7. The van der Waals surface area contributed by atoms with E-state index in [1.807, 2.05) is 6.20 Å². The Morgan fingerprint density at radius 3 is 2.58 bits per heavy atom. The maximum Gasteiger partial charge on any atom is 0.0454 e. The molecule has 0 saturated carbocycles. The quantitative estimate of drug-likeness (QED) is 0.893. The highest BCUT2D eigenvalue weighted by Crippen LogP contribution is 2.24. The van der Waals surface area contributed by atoms with Crippen molar-refractivity contribution in [1.82, 2.24) is 15.2 Å². The van der Waals surface area contributed by atoms with Crippen LogP contribution in [0.1, 0.15) is 18.5 Å². The van der Waals surface area contributed by atoms with Crippen molar-refractivity contribution in [3.05, 3.63) is 36.0 Å². The minimum absolute atomic E-state index is 0. The fourth-order valence-electron chi connectivity index (χ4n) is 2.61. The van der Waals surface area contributed by atoms with E-state index in [1.165, 1.54) is 16.5 Å². The van der Waals surface area contributed by atoms with Gasteiger partial charge in [-0.1, -0.05) is 6.07 Å². The number of nitrogens with zero attached hydrogens (tertiary/aromatic N) is 1. The number of hydrogen-bond donors (Lipinski definition) is 2. The molecule has 106 valence electrons. The van der Waals surface area contributed by atoms with Crippen LogP contribution < -0.4 is 5.32 Å². The van der Waals surface area contributed by atoms with E-state index in [2.05, 4.69) is 46.4 Å². The third-order valence-corrected chi connectivity index (χ3v) is 3.76. The van der Waals surface area contributed by atoms with Gasteiger partial charge in [-0.15, -0.1) is 24.8 Å². The van der Waals surface area contributed by atoms with Gasteiger partial charge in [0.2, 0.25) is 0 Å². The van der Waals surface area contributed by atoms with Crippen LogP contribution in [0.2, 0.25) is 0 Å². The van der Waals surface area contributed by atoms with Crippen LogP contribution >= 0.6 is 24.8 Å². The Hall–Kier alpha value is -0.740. The Bertz CT molecular complexity index is 506. The van der Waals surface area contributed by atoms with Crippen molar-refractivity contribution in [3.63, 3.8) is 0 Å². The largest absolute Gasteiger partial charge is 0.361 e. The van der Waals surface area contributed by atoms with Crippen LogP contribution in [0.15, 0.2) is 30.5 Å². The number of piperazine rings is 1. The van der Waals surface area contributed by atoms with E-state index in [1.54, 1.807) is 0 Å². The maximum absolute atomic E-state index is 3.40. The van der Waals surface area contributed by atoms with Crippen LogP contribution in [0, 0.1) is 0 Å². The predicted octanol–water partition coefficient (Wildman–Crippen LogP) is 2.98. The standard InChI is InChI=1S/C14H19N3.2ClH/c1-11(17-8-6-15-7-9-17)12-2-3-14-13(10-12)4-5-16-14;;/h2-5,10-11,15-16H,6-9H2,1H3;2*1H/t11-;;/m1../s1. The summed E-state index contributed by atoms with van der Waals surface area (Å²) in [7, 11) is 0. The van der Waals surface area contributed by atoms with Gasteiger partial charge in [-0.25, -0.2) is 0 Å². The summed E-state index contributed by atoms with van der Waals surface area (Å²) in [4.78, 5) is 5.79. The van der Waals surface area contributed by atoms with Gasteiger partial charge in [0.15, 0.2) is 0 Å². The van der Waals surface area contributed by atoms with E-state index < -0.39 is 0 Å². The zero-order valence-corrected chi connectivity index (χ0v) is 12.7. The molecule has 19 heavy (non-hydrogen) atoms. The lowest BCUT2D eigenvalue weighted by atomic mass is 10.0. The van der Waals surface area contributed by atoms with E-state index in [4.69, 9.17) is 0 Å². The molecule has 3 nitrogen and oxygen atoms in total. The number of aromatic amines is 1. The molecule has 2 heterocycles. The van der Waals surface area contributed by atoms with E-state index in [-0.39, 0.29) is 24.8 Å². The first-order valence-electron chi connectivity index (χ1n) is 6.36. The average molecular weight is 302 g/mol. The number of hydrogen-bond acceptors (Lipinski definition) is 2. The topological polar surface area (TPSA) is 31.1 Å². The molecule has 3 rings (SSSR count). The lowest BCUT2D eigenvalue weighted by Crippen LogP contribution is -2.44. The summed E-state index contributed by atoms with van der Waals surface area (Å²) < 4.78 is 0. The van der Waals surface area contributed by atoms with E-state index >= 15 is 0 Å². The molecule has 2 N–H and O–H groups in total. The molecule has 1 aromatic heterocycles. The van der Waals surface area contributed by atoms with E-state index in [9.17, 15) is 0 Å². The normalized spacial score (nSPS) is 17.5. The molecule has 1 saturated heterocycles. The molecule has 1 fully saturated rings. The van der Waals surface area contributed by atoms with Crippen molar-refractivity contribution in [2.24, 2.45) is 0 Å². The van der Waals surface area contributed by atoms with Crippen LogP contribution in [0.5, 0.6) is 0 Å². The zero-order valence-electron chi connectivity index (χ0n) is 11.1. The second-order valence-corrected chi connectivity index (χ2v) is 4.79. The Balaban J connectivity index is 0.000000902. The number of benzene rings is 1.